The van der Waals surface area contributed by atoms with Gasteiger partial charge in [0.15, 0.2) is 9.84 Å². The van der Waals surface area contributed by atoms with Gasteiger partial charge < -0.3 is 16.4 Å². The van der Waals surface area contributed by atoms with Crippen LogP contribution in [0.15, 0.2) is 29.7 Å². The third kappa shape index (κ3) is 4.33. The quantitative estimate of drug-likeness (QED) is 0.660. The number of amides is 1. The van der Waals surface area contributed by atoms with Gasteiger partial charge in [-0.1, -0.05) is 18.2 Å². The van der Waals surface area contributed by atoms with Gasteiger partial charge in [-0.25, -0.2) is 8.42 Å². The Labute approximate surface area is 128 Å². The molecule has 21 heavy (non-hydrogen) atoms. The van der Waals surface area contributed by atoms with Crippen molar-refractivity contribution < 1.29 is 13.2 Å². The topological polar surface area (TPSA) is 101 Å². The molecule has 116 valence electrons. The average molecular weight is 329 g/mol. The fourth-order valence-corrected chi connectivity index (χ4v) is 4.04. The minimum atomic E-state index is -3.55. The van der Waals surface area contributed by atoms with Gasteiger partial charge in [0.05, 0.1) is 5.69 Å². The highest BCUT2D eigenvalue weighted by molar-refractivity contribution is 7.91. The van der Waals surface area contributed by atoms with E-state index in [2.05, 4.69) is 23.8 Å². The van der Waals surface area contributed by atoms with Gasteiger partial charge in [0, 0.05) is 19.3 Å². The number of thiophene rings is 1. The number of hydrogen-bond donors (Lipinski definition) is 3. The number of rotatable bonds is 7. The second kappa shape index (κ2) is 6.77. The molecule has 0 fully saturated rings. The Balaban J connectivity index is 3.27. The lowest BCUT2D eigenvalue weighted by molar-refractivity contribution is 0.0963. The third-order valence-electron chi connectivity index (χ3n) is 2.43. The van der Waals surface area contributed by atoms with E-state index in [9.17, 15) is 13.2 Å². The van der Waals surface area contributed by atoms with Crippen LogP contribution in [0.1, 0.15) is 16.6 Å². The number of sulfone groups is 1. The normalized spacial score (nSPS) is 11.0. The first-order valence-electron chi connectivity index (χ1n) is 6.08. The first-order chi connectivity index (χ1) is 9.68. The van der Waals surface area contributed by atoms with Crippen LogP contribution in [0.25, 0.3) is 0 Å². The standard InChI is InChI=1S/C13H19N3O3S2/c1-5-6-15-12(17)10-9(14)11(21(4,18)19)13(20-10)16-7-8(2)3/h5,16H,1-2,6-7,14H2,3-4H3,(H,15,17). The summed E-state index contributed by atoms with van der Waals surface area (Å²) in [7, 11) is -3.55. The van der Waals surface area contributed by atoms with Gasteiger partial charge >= 0.3 is 0 Å². The monoisotopic (exact) mass is 329 g/mol. The van der Waals surface area contributed by atoms with E-state index < -0.39 is 15.7 Å². The molecule has 6 nitrogen and oxygen atoms in total. The number of nitrogen functional groups attached to an aromatic ring is 1. The summed E-state index contributed by atoms with van der Waals surface area (Å²) in [5.74, 6) is -0.425. The summed E-state index contributed by atoms with van der Waals surface area (Å²) in [4.78, 5) is 12.1. The van der Waals surface area contributed by atoms with E-state index in [-0.39, 0.29) is 22.0 Å². The van der Waals surface area contributed by atoms with E-state index in [1.807, 2.05) is 6.92 Å². The van der Waals surface area contributed by atoms with E-state index in [1.165, 1.54) is 6.08 Å². The predicted octanol–water partition coefficient (Wildman–Crippen LogP) is 1.64. The van der Waals surface area contributed by atoms with Crippen molar-refractivity contribution in [1.29, 1.82) is 0 Å². The number of nitrogens with one attached hydrogen (secondary N) is 2. The number of hydrogen-bond acceptors (Lipinski definition) is 6. The van der Waals surface area contributed by atoms with Crippen molar-refractivity contribution in [3.8, 4) is 0 Å². The molecule has 0 aromatic carbocycles. The lowest BCUT2D eigenvalue weighted by Gasteiger charge is -2.06. The molecule has 0 saturated heterocycles. The molecule has 0 bridgehead atoms. The average Bonchev–Trinajstić information content (AvgIpc) is 2.70. The molecule has 4 N–H and O–H groups in total. The van der Waals surface area contributed by atoms with Crippen LogP contribution >= 0.6 is 11.3 Å². The Morgan fingerprint density at radius 2 is 2.10 bits per heavy atom. The van der Waals surface area contributed by atoms with Crippen molar-refractivity contribution in [3.63, 3.8) is 0 Å². The van der Waals surface area contributed by atoms with Gasteiger partial charge in [-0.2, -0.15) is 0 Å². The predicted molar refractivity (Wildman–Crippen MR) is 87.7 cm³/mol. The van der Waals surface area contributed by atoms with Gasteiger partial charge in [-0.05, 0) is 6.92 Å². The highest BCUT2D eigenvalue weighted by Gasteiger charge is 2.26. The second-order valence-corrected chi connectivity index (χ2v) is 7.56. The Bertz CT molecular complexity index is 675. The number of anilines is 2. The zero-order valence-corrected chi connectivity index (χ0v) is 13.7. The molecule has 1 heterocycles. The molecule has 0 radical (unpaired) electrons. The van der Waals surface area contributed by atoms with Crippen LogP contribution in [0.2, 0.25) is 0 Å². The minimum Gasteiger partial charge on any atom is -0.396 e. The number of carbonyl (C=O) groups excluding carboxylic acids is 1. The van der Waals surface area contributed by atoms with Crippen molar-refractivity contribution in [1.82, 2.24) is 5.32 Å². The molecule has 1 aromatic heterocycles. The van der Waals surface area contributed by atoms with E-state index in [1.54, 1.807) is 0 Å². The fourth-order valence-electron chi connectivity index (χ4n) is 1.56. The molecule has 1 amide bonds. The second-order valence-electron chi connectivity index (χ2n) is 4.58. The lowest BCUT2D eigenvalue weighted by Crippen LogP contribution is -2.23. The van der Waals surface area contributed by atoms with Crippen LogP contribution < -0.4 is 16.4 Å². The summed E-state index contributed by atoms with van der Waals surface area (Å²) in [6.07, 6.45) is 2.59. The van der Waals surface area contributed by atoms with Gasteiger partial charge in [-0.3, -0.25) is 4.79 Å². The van der Waals surface area contributed by atoms with Crippen molar-refractivity contribution in [2.24, 2.45) is 0 Å². The first kappa shape index (κ1) is 17.3. The smallest absolute Gasteiger partial charge is 0.263 e. The molecule has 1 aromatic rings. The summed E-state index contributed by atoms with van der Waals surface area (Å²) in [6, 6.07) is 0. The van der Waals surface area contributed by atoms with Crippen LogP contribution in [0, 0.1) is 0 Å². The largest absolute Gasteiger partial charge is 0.396 e. The summed E-state index contributed by atoms with van der Waals surface area (Å²) in [6.45, 7) is 9.72. The maximum Gasteiger partial charge on any atom is 0.263 e. The minimum absolute atomic E-state index is 0.0340. The zero-order chi connectivity index (χ0) is 16.2. The molecule has 0 aliphatic heterocycles. The lowest BCUT2D eigenvalue weighted by atomic mass is 10.3. The molecular formula is C13H19N3O3S2. The fraction of sp³-hybridized carbons (Fsp3) is 0.308. The van der Waals surface area contributed by atoms with Gasteiger partial charge in [-0.15, -0.1) is 17.9 Å². The van der Waals surface area contributed by atoms with Crippen molar-refractivity contribution in [2.75, 3.05) is 30.4 Å². The molecule has 0 atom stereocenters. The van der Waals surface area contributed by atoms with E-state index in [0.717, 1.165) is 23.2 Å². The summed E-state index contributed by atoms with van der Waals surface area (Å²) in [5.41, 5.74) is 6.65. The van der Waals surface area contributed by atoms with Crippen molar-refractivity contribution in [3.05, 3.63) is 29.7 Å². The Morgan fingerprint density at radius 1 is 1.48 bits per heavy atom. The maximum absolute atomic E-state index is 12.0. The van der Waals surface area contributed by atoms with Gasteiger partial charge in [0.1, 0.15) is 14.8 Å². The van der Waals surface area contributed by atoms with E-state index in [0.29, 0.717) is 11.5 Å². The molecule has 1 rings (SSSR count). The molecule has 0 spiro atoms. The Hall–Kier alpha value is -1.80. The molecule has 0 unspecified atom stereocenters. The number of nitrogens with two attached hydrogens (primary N) is 1. The van der Waals surface area contributed by atoms with Gasteiger partial charge in [0.25, 0.3) is 5.91 Å². The Kier molecular flexibility index (Phi) is 5.56. The molecule has 0 aliphatic rings. The van der Waals surface area contributed by atoms with E-state index >= 15 is 0 Å². The number of carbonyl (C=O) groups is 1. The van der Waals surface area contributed by atoms with Crippen LogP contribution in [0.5, 0.6) is 0 Å². The maximum atomic E-state index is 12.0. The molecular weight excluding hydrogens is 310 g/mol. The third-order valence-corrected chi connectivity index (χ3v) is 4.89. The molecule has 8 heteroatoms. The van der Waals surface area contributed by atoms with E-state index in [4.69, 9.17) is 5.73 Å². The zero-order valence-electron chi connectivity index (χ0n) is 12.0. The Morgan fingerprint density at radius 3 is 2.57 bits per heavy atom. The SMILES string of the molecule is C=CCNC(=O)c1sc(NCC(=C)C)c(S(C)(=O)=O)c1N. The summed E-state index contributed by atoms with van der Waals surface area (Å²) < 4.78 is 23.8. The summed E-state index contributed by atoms with van der Waals surface area (Å²) >= 11 is 1.01. The van der Waals surface area contributed by atoms with Crippen molar-refractivity contribution in [2.45, 2.75) is 11.8 Å². The molecule has 0 aliphatic carbocycles. The van der Waals surface area contributed by atoms with Crippen LogP contribution in [0.3, 0.4) is 0 Å². The van der Waals surface area contributed by atoms with Gasteiger partial charge in [0.2, 0.25) is 0 Å². The van der Waals surface area contributed by atoms with Crippen LogP contribution in [0.4, 0.5) is 10.7 Å². The van der Waals surface area contributed by atoms with Crippen molar-refractivity contribution >= 4 is 37.8 Å². The molecule has 0 saturated carbocycles. The summed E-state index contributed by atoms with van der Waals surface area (Å²) in [5, 5.41) is 5.88. The highest BCUT2D eigenvalue weighted by Crippen LogP contribution is 2.39. The highest BCUT2D eigenvalue weighted by atomic mass is 32.2. The first-order valence-corrected chi connectivity index (χ1v) is 8.79. The van der Waals surface area contributed by atoms with Crippen LogP contribution in [-0.2, 0) is 9.84 Å². The van der Waals surface area contributed by atoms with Crippen LogP contribution in [-0.4, -0.2) is 33.7 Å².